The first-order valence-electron chi connectivity index (χ1n) is 8.35. The molecule has 1 N–H and O–H groups in total. The summed E-state index contributed by atoms with van der Waals surface area (Å²) in [6, 6.07) is 12.2. The molecular weight excluding hydrogens is 288 g/mol. The molecule has 0 fully saturated rings. The minimum atomic E-state index is 0.294. The zero-order valence-electron chi connectivity index (χ0n) is 13.8. The average molecular weight is 312 g/mol. The Balaban J connectivity index is 2.06. The molecule has 1 unspecified atom stereocenters. The zero-order valence-corrected chi connectivity index (χ0v) is 13.8. The Kier molecular flexibility index (Phi) is 4.75. The molecule has 0 saturated heterocycles. The van der Waals surface area contributed by atoms with Gasteiger partial charge in [-0.2, -0.15) is 0 Å². The maximum Gasteiger partial charge on any atom is 0.126 e. The van der Waals surface area contributed by atoms with Gasteiger partial charge in [0, 0.05) is 17.5 Å². The summed E-state index contributed by atoms with van der Waals surface area (Å²) in [7, 11) is 1.68. The van der Waals surface area contributed by atoms with Crippen molar-refractivity contribution in [2.24, 2.45) is 0 Å². The number of phenolic OH excluding ortho intramolecular Hbond substituents is 1. The van der Waals surface area contributed by atoms with E-state index in [9.17, 15) is 5.11 Å². The first kappa shape index (κ1) is 15.7. The molecule has 0 aliphatic heterocycles. The van der Waals surface area contributed by atoms with Crippen LogP contribution in [-0.4, -0.2) is 18.8 Å². The van der Waals surface area contributed by atoms with Crippen molar-refractivity contribution in [3.8, 4) is 17.2 Å². The molecule has 2 bridgehead atoms. The Morgan fingerprint density at radius 3 is 2.61 bits per heavy atom. The first-order valence-corrected chi connectivity index (χ1v) is 8.35. The van der Waals surface area contributed by atoms with Gasteiger partial charge in [-0.25, -0.2) is 0 Å². The van der Waals surface area contributed by atoms with Gasteiger partial charge in [-0.15, -0.1) is 0 Å². The van der Waals surface area contributed by atoms with Gasteiger partial charge in [0.1, 0.15) is 17.2 Å². The van der Waals surface area contributed by atoms with E-state index in [2.05, 4.69) is 18.2 Å². The summed E-state index contributed by atoms with van der Waals surface area (Å²) in [5.74, 6) is 2.32. The Bertz CT molecular complexity index is 661. The Labute approximate surface area is 137 Å². The van der Waals surface area contributed by atoms with E-state index in [0.717, 1.165) is 42.7 Å². The number of fused-ring (bicyclic) bond motifs is 2. The number of hydrogen-bond donors (Lipinski definition) is 1. The maximum atomic E-state index is 10.2. The molecule has 0 radical (unpaired) electrons. The zero-order chi connectivity index (χ0) is 16.2. The number of benzene rings is 2. The van der Waals surface area contributed by atoms with Crippen LogP contribution in [0, 0.1) is 0 Å². The molecule has 2 aromatic carbocycles. The van der Waals surface area contributed by atoms with E-state index in [1.165, 1.54) is 11.1 Å². The number of aryl methyl sites for hydroxylation is 1. The Morgan fingerprint density at radius 2 is 1.91 bits per heavy atom. The highest BCUT2D eigenvalue weighted by Gasteiger charge is 2.22. The van der Waals surface area contributed by atoms with Gasteiger partial charge >= 0.3 is 0 Å². The fraction of sp³-hybridized carbons (Fsp3) is 0.400. The molecule has 0 saturated carbocycles. The van der Waals surface area contributed by atoms with Gasteiger partial charge in [-0.1, -0.05) is 18.6 Å². The molecule has 1 aliphatic rings. The Morgan fingerprint density at radius 1 is 1.13 bits per heavy atom. The van der Waals surface area contributed by atoms with E-state index >= 15 is 0 Å². The summed E-state index contributed by atoms with van der Waals surface area (Å²) >= 11 is 0. The predicted molar refractivity (Wildman–Crippen MR) is 91.7 cm³/mol. The number of hydrogen-bond acceptors (Lipinski definition) is 3. The van der Waals surface area contributed by atoms with Crippen molar-refractivity contribution in [3.63, 3.8) is 0 Å². The van der Waals surface area contributed by atoms with Crippen molar-refractivity contribution in [1.82, 2.24) is 0 Å². The molecule has 0 aromatic heterocycles. The minimum absolute atomic E-state index is 0.294. The molecule has 122 valence electrons. The molecule has 23 heavy (non-hydrogen) atoms. The molecule has 3 nitrogen and oxygen atoms in total. The van der Waals surface area contributed by atoms with Gasteiger partial charge in [0.25, 0.3) is 0 Å². The largest absolute Gasteiger partial charge is 0.508 e. The van der Waals surface area contributed by atoms with Crippen molar-refractivity contribution in [2.75, 3.05) is 13.7 Å². The van der Waals surface area contributed by atoms with Crippen molar-refractivity contribution in [1.29, 1.82) is 0 Å². The standard InChI is InChI=1S/C20H24O3/c1-3-23-20-13-19(21)15-6-4-5-7-17(18(20)12-15)14-8-10-16(22-2)11-9-14/h8-13,17,21H,3-7H2,1-2H3. The molecule has 0 spiro atoms. The van der Waals surface area contributed by atoms with Crippen LogP contribution < -0.4 is 9.47 Å². The van der Waals surface area contributed by atoms with E-state index in [-0.39, 0.29) is 0 Å². The second-order valence-electron chi connectivity index (χ2n) is 6.02. The van der Waals surface area contributed by atoms with Crippen LogP contribution in [0.5, 0.6) is 17.2 Å². The first-order chi connectivity index (χ1) is 11.2. The number of methoxy groups -OCH3 is 1. The van der Waals surface area contributed by atoms with Crippen molar-refractivity contribution >= 4 is 0 Å². The summed E-state index contributed by atoms with van der Waals surface area (Å²) in [4.78, 5) is 0. The fourth-order valence-electron chi connectivity index (χ4n) is 3.39. The molecule has 1 atom stereocenters. The molecule has 3 heteroatoms. The third-order valence-corrected chi connectivity index (χ3v) is 4.59. The molecule has 2 aromatic rings. The molecule has 3 rings (SSSR count). The maximum absolute atomic E-state index is 10.2. The van der Waals surface area contributed by atoms with Crippen LogP contribution in [0.3, 0.4) is 0 Å². The van der Waals surface area contributed by atoms with Gasteiger partial charge in [0.15, 0.2) is 0 Å². The van der Waals surface area contributed by atoms with Crippen molar-refractivity contribution in [3.05, 3.63) is 53.1 Å². The van der Waals surface area contributed by atoms with Crippen LogP contribution in [0.1, 0.15) is 48.8 Å². The molecule has 0 heterocycles. The summed E-state index contributed by atoms with van der Waals surface area (Å²) in [5.41, 5.74) is 3.48. The van der Waals surface area contributed by atoms with Crippen LogP contribution in [0.15, 0.2) is 36.4 Å². The number of ether oxygens (including phenoxy) is 2. The second kappa shape index (κ2) is 6.95. The summed E-state index contributed by atoms with van der Waals surface area (Å²) in [5, 5.41) is 10.2. The van der Waals surface area contributed by atoms with Crippen LogP contribution in [0.25, 0.3) is 0 Å². The van der Waals surface area contributed by atoms with Crippen LogP contribution >= 0.6 is 0 Å². The summed E-state index contributed by atoms with van der Waals surface area (Å²) in [6.45, 7) is 2.57. The molecular formula is C20H24O3. The van der Waals surface area contributed by atoms with Crippen molar-refractivity contribution < 1.29 is 14.6 Å². The third-order valence-electron chi connectivity index (χ3n) is 4.59. The monoisotopic (exact) mass is 312 g/mol. The van der Waals surface area contributed by atoms with Crippen LogP contribution in [0.2, 0.25) is 0 Å². The lowest BCUT2D eigenvalue weighted by Crippen LogP contribution is -2.09. The second-order valence-corrected chi connectivity index (χ2v) is 6.02. The van der Waals surface area contributed by atoms with Gasteiger partial charge < -0.3 is 14.6 Å². The topological polar surface area (TPSA) is 38.7 Å². The van der Waals surface area contributed by atoms with E-state index < -0.39 is 0 Å². The third kappa shape index (κ3) is 3.29. The summed E-state index contributed by atoms with van der Waals surface area (Å²) in [6.07, 6.45) is 4.27. The van der Waals surface area contributed by atoms with Gasteiger partial charge in [0.2, 0.25) is 0 Å². The Hall–Kier alpha value is -2.16. The normalized spacial score (nSPS) is 17.2. The fourth-order valence-corrected chi connectivity index (χ4v) is 3.39. The lowest BCUT2D eigenvalue weighted by molar-refractivity contribution is 0.330. The number of phenols is 1. The number of aromatic hydroxyl groups is 1. The highest BCUT2D eigenvalue weighted by molar-refractivity contribution is 5.51. The average Bonchev–Trinajstić information content (AvgIpc) is 2.55. The highest BCUT2D eigenvalue weighted by atomic mass is 16.5. The lowest BCUT2D eigenvalue weighted by Gasteiger charge is -2.25. The van der Waals surface area contributed by atoms with Gasteiger partial charge in [0.05, 0.1) is 13.7 Å². The van der Waals surface area contributed by atoms with Crippen LogP contribution in [0.4, 0.5) is 0 Å². The SMILES string of the molecule is CCOc1cc(O)c2cc1C(c1ccc(OC)cc1)CCCC2. The van der Waals surface area contributed by atoms with Gasteiger partial charge in [-0.3, -0.25) is 0 Å². The molecule has 1 aliphatic carbocycles. The van der Waals surface area contributed by atoms with E-state index in [0.29, 0.717) is 18.3 Å². The summed E-state index contributed by atoms with van der Waals surface area (Å²) < 4.78 is 11.1. The van der Waals surface area contributed by atoms with Crippen molar-refractivity contribution in [2.45, 2.75) is 38.5 Å². The van der Waals surface area contributed by atoms with E-state index in [4.69, 9.17) is 9.47 Å². The lowest BCUT2D eigenvalue weighted by atomic mass is 9.82. The highest BCUT2D eigenvalue weighted by Crippen LogP contribution is 2.41. The number of rotatable bonds is 4. The molecule has 0 amide bonds. The van der Waals surface area contributed by atoms with E-state index in [1.807, 2.05) is 19.1 Å². The van der Waals surface area contributed by atoms with Crippen LogP contribution in [-0.2, 0) is 6.42 Å². The van der Waals surface area contributed by atoms with E-state index in [1.54, 1.807) is 13.2 Å². The quantitative estimate of drug-likeness (QED) is 0.892. The van der Waals surface area contributed by atoms with Gasteiger partial charge in [-0.05, 0) is 55.5 Å². The minimum Gasteiger partial charge on any atom is -0.508 e. The predicted octanol–water partition coefficient (Wildman–Crippen LogP) is 4.66. The smallest absolute Gasteiger partial charge is 0.126 e.